The third-order valence-electron chi connectivity index (χ3n) is 8.60. The number of hydrogen-bond acceptors (Lipinski definition) is 6. The summed E-state index contributed by atoms with van der Waals surface area (Å²) in [4.78, 5) is 40.2. The van der Waals surface area contributed by atoms with Crippen LogP contribution in [0.25, 0.3) is 0 Å². The molecule has 8 heteroatoms. The van der Waals surface area contributed by atoms with Gasteiger partial charge in [0.25, 0.3) is 5.69 Å². The van der Waals surface area contributed by atoms with Crippen LogP contribution in [0.15, 0.2) is 65.9 Å². The predicted octanol–water partition coefficient (Wildman–Crippen LogP) is 7.67. The Morgan fingerprint density at radius 1 is 0.976 bits per heavy atom. The first-order chi connectivity index (χ1) is 20.2. The largest absolute Gasteiger partial charge is 0.481 e. The second-order valence-electron chi connectivity index (χ2n) is 11.5. The number of esters is 1. The second kappa shape index (κ2) is 15.5. The molecule has 42 heavy (non-hydrogen) atoms. The van der Waals surface area contributed by atoms with Gasteiger partial charge in [0.15, 0.2) is 0 Å². The number of carboxylic acids is 1. The SMILES string of the molecule is CCCCCCCCCCOC(=O)C1=C(C)N(CC)C(C)(Cc2ccccc2)C(C(=O)O)C1c1cccc([N+](=O)[O-])c1. The fourth-order valence-corrected chi connectivity index (χ4v) is 6.61. The maximum atomic E-state index is 13.8. The summed E-state index contributed by atoms with van der Waals surface area (Å²) < 4.78 is 5.78. The first kappa shape index (κ1) is 32.8. The van der Waals surface area contributed by atoms with Gasteiger partial charge in [-0.1, -0.05) is 94.3 Å². The van der Waals surface area contributed by atoms with Crippen molar-refractivity contribution in [2.24, 2.45) is 5.92 Å². The van der Waals surface area contributed by atoms with Crippen LogP contribution >= 0.6 is 0 Å². The number of nitro groups is 1. The van der Waals surface area contributed by atoms with Crippen LogP contribution in [0.5, 0.6) is 0 Å². The molecule has 0 aliphatic carbocycles. The summed E-state index contributed by atoms with van der Waals surface area (Å²) in [6, 6.07) is 15.7. The first-order valence-corrected chi connectivity index (χ1v) is 15.3. The predicted molar refractivity (Wildman–Crippen MR) is 164 cm³/mol. The van der Waals surface area contributed by atoms with Crippen molar-refractivity contribution in [3.8, 4) is 0 Å². The molecule has 1 heterocycles. The summed E-state index contributed by atoms with van der Waals surface area (Å²) in [5.74, 6) is -3.62. The topological polar surface area (TPSA) is 110 Å². The minimum absolute atomic E-state index is 0.149. The van der Waals surface area contributed by atoms with Gasteiger partial charge < -0.3 is 14.7 Å². The smallest absolute Gasteiger partial charge is 0.336 e. The van der Waals surface area contributed by atoms with E-state index in [-0.39, 0.29) is 17.9 Å². The average molecular weight is 579 g/mol. The van der Waals surface area contributed by atoms with Crippen LogP contribution in [-0.4, -0.2) is 45.6 Å². The molecule has 0 bridgehead atoms. The zero-order valence-corrected chi connectivity index (χ0v) is 25.5. The Hall–Kier alpha value is -3.68. The Morgan fingerprint density at radius 3 is 2.21 bits per heavy atom. The molecule has 0 fully saturated rings. The van der Waals surface area contributed by atoms with Crippen molar-refractivity contribution in [3.63, 3.8) is 0 Å². The third-order valence-corrected chi connectivity index (χ3v) is 8.60. The van der Waals surface area contributed by atoms with Crippen LogP contribution in [0.1, 0.15) is 96.1 Å². The second-order valence-corrected chi connectivity index (χ2v) is 11.5. The number of carbonyl (C=O) groups is 2. The molecule has 3 atom stereocenters. The molecule has 0 spiro atoms. The quantitative estimate of drug-likeness (QED) is 0.0941. The van der Waals surface area contributed by atoms with Crippen LogP contribution in [0, 0.1) is 16.0 Å². The summed E-state index contributed by atoms with van der Waals surface area (Å²) in [7, 11) is 0. The molecule has 0 saturated heterocycles. The Balaban J connectivity index is 1.98. The van der Waals surface area contributed by atoms with Gasteiger partial charge in [-0.25, -0.2) is 4.79 Å². The van der Waals surface area contributed by atoms with E-state index < -0.39 is 34.2 Å². The lowest BCUT2D eigenvalue weighted by Crippen LogP contribution is -2.60. The van der Waals surface area contributed by atoms with E-state index in [1.807, 2.05) is 56.0 Å². The van der Waals surface area contributed by atoms with Crippen molar-refractivity contribution in [3.05, 3.63) is 87.1 Å². The molecule has 1 N–H and O–H groups in total. The normalized spacial score (nSPS) is 20.4. The van der Waals surface area contributed by atoms with E-state index in [1.165, 1.54) is 44.2 Å². The molecule has 8 nitrogen and oxygen atoms in total. The molecule has 0 saturated carbocycles. The van der Waals surface area contributed by atoms with E-state index in [4.69, 9.17) is 4.74 Å². The lowest BCUT2D eigenvalue weighted by molar-refractivity contribution is -0.384. The molecule has 2 aromatic rings. The number of carboxylic acid groups (broad SMARTS) is 1. The Bertz CT molecular complexity index is 1240. The fraction of sp³-hybridized carbons (Fsp3) is 0.529. The fourth-order valence-electron chi connectivity index (χ4n) is 6.61. The molecule has 2 aromatic carbocycles. The Morgan fingerprint density at radius 2 is 1.62 bits per heavy atom. The molecule has 1 aliphatic rings. The highest BCUT2D eigenvalue weighted by molar-refractivity contribution is 5.93. The Labute approximate surface area is 249 Å². The standard InChI is InChI=1S/C34H46N2O6/c1-5-7-8-9-10-11-12-16-22-42-33(39)29-25(3)35(6-2)34(4,24-26-18-14-13-15-19-26)31(32(37)38)30(29)27-20-17-21-28(23-27)36(40)41/h13-15,17-21,23,30-31H,5-12,16,22,24H2,1-4H3,(H,37,38). The van der Waals surface area contributed by atoms with Crippen LogP contribution in [-0.2, 0) is 20.7 Å². The molecule has 3 rings (SSSR count). The van der Waals surface area contributed by atoms with Crippen LogP contribution in [0.2, 0.25) is 0 Å². The third kappa shape index (κ3) is 7.78. The average Bonchev–Trinajstić information content (AvgIpc) is 2.96. The van der Waals surface area contributed by atoms with Crippen LogP contribution in [0.3, 0.4) is 0 Å². The van der Waals surface area contributed by atoms with E-state index in [1.54, 1.807) is 12.1 Å². The monoisotopic (exact) mass is 578 g/mol. The number of benzene rings is 2. The summed E-state index contributed by atoms with van der Waals surface area (Å²) in [6.45, 7) is 8.62. The van der Waals surface area contributed by atoms with E-state index >= 15 is 0 Å². The van der Waals surface area contributed by atoms with Gasteiger partial charge in [0.1, 0.15) is 0 Å². The summed E-state index contributed by atoms with van der Waals surface area (Å²) >= 11 is 0. The molecule has 0 amide bonds. The molecule has 228 valence electrons. The van der Waals surface area contributed by atoms with E-state index in [0.29, 0.717) is 24.2 Å². The van der Waals surface area contributed by atoms with E-state index in [9.17, 15) is 24.8 Å². The highest BCUT2D eigenvalue weighted by Crippen LogP contribution is 2.50. The van der Waals surface area contributed by atoms with Gasteiger partial charge in [-0.15, -0.1) is 0 Å². The number of likely N-dealkylation sites (N-methyl/N-ethyl adjacent to an activating group) is 1. The maximum absolute atomic E-state index is 13.8. The van der Waals surface area contributed by atoms with Crippen LogP contribution < -0.4 is 0 Å². The molecule has 0 aromatic heterocycles. The zero-order chi connectivity index (χ0) is 30.7. The van der Waals surface area contributed by atoms with E-state index in [0.717, 1.165) is 24.8 Å². The van der Waals surface area contributed by atoms with Gasteiger partial charge in [-0.3, -0.25) is 14.9 Å². The zero-order valence-electron chi connectivity index (χ0n) is 25.5. The summed E-state index contributed by atoms with van der Waals surface area (Å²) in [5, 5.41) is 22.5. The van der Waals surface area contributed by atoms with Crippen molar-refractivity contribution in [1.29, 1.82) is 0 Å². The number of rotatable bonds is 16. The number of non-ortho nitro benzene ring substituents is 1. The molecular formula is C34H46N2O6. The summed E-state index contributed by atoms with van der Waals surface area (Å²) in [6.07, 6.45) is 9.30. The van der Waals surface area contributed by atoms with Crippen molar-refractivity contribution in [2.45, 2.75) is 96.9 Å². The first-order valence-electron chi connectivity index (χ1n) is 15.3. The molecular weight excluding hydrogens is 532 g/mol. The van der Waals surface area contributed by atoms with Gasteiger partial charge in [0.2, 0.25) is 0 Å². The molecule has 1 aliphatic heterocycles. The number of nitrogens with zero attached hydrogens (tertiary/aromatic N) is 2. The van der Waals surface area contributed by atoms with Crippen molar-refractivity contribution in [2.75, 3.05) is 13.2 Å². The van der Waals surface area contributed by atoms with Crippen LogP contribution in [0.4, 0.5) is 5.69 Å². The lowest BCUT2D eigenvalue weighted by Gasteiger charge is -2.53. The van der Waals surface area contributed by atoms with Gasteiger partial charge >= 0.3 is 11.9 Å². The maximum Gasteiger partial charge on any atom is 0.336 e. The lowest BCUT2D eigenvalue weighted by atomic mass is 9.64. The summed E-state index contributed by atoms with van der Waals surface area (Å²) in [5.41, 5.74) is 1.22. The van der Waals surface area contributed by atoms with Crippen molar-refractivity contribution < 1.29 is 24.4 Å². The van der Waals surface area contributed by atoms with Gasteiger partial charge in [-0.05, 0) is 44.7 Å². The van der Waals surface area contributed by atoms with E-state index in [2.05, 4.69) is 6.92 Å². The highest BCUT2D eigenvalue weighted by atomic mass is 16.6. The minimum Gasteiger partial charge on any atom is -0.481 e. The van der Waals surface area contributed by atoms with Crippen molar-refractivity contribution >= 4 is 17.6 Å². The molecule has 3 unspecified atom stereocenters. The number of nitro benzene ring substituents is 1. The number of ether oxygens (including phenoxy) is 1. The van der Waals surface area contributed by atoms with Gasteiger partial charge in [0.05, 0.1) is 28.6 Å². The number of aliphatic carboxylic acids is 1. The number of unbranched alkanes of at least 4 members (excludes halogenated alkanes) is 7. The van der Waals surface area contributed by atoms with Crippen molar-refractivity contribution in [1.82, 2.24) is 4.90 Å². The van der Waals surface area contributed by atoms with Gasteiger partial charge in [0, 0.05) is 30.3 Å². The highest BCUT2D eigenvalue weighted by Gasteiger charge is 2.55. The minimum atomic E-state index is -1.07. The number of allylic oxidation sites excluding steroid dienone is 1. The molecule has 0 radical (unpaired) electrons. The van der Waals surface area contributed by atoms with Gasteiger partial charge in [-0.2, -0.15) is 0 Å². The Kier molecular flexibility index (Phi) is 12.1. The number of carbonyl (C=O) groups excluding carboxylic acids is 1. The number of hydrogen-bond donors (Lipinski definition) is 1.